The lowest BCUT2D eigenvalue weighted by molar-refractivity contribution is 0.0937. The Balaban J connectivity index is 2.35. The van der Waals surface area contributed by atoms with E-state index in [4.69, 9.17) is 23.2 Å². The molecule has 0 unspecified atom stereocenters. The van der Waals surface area contributed by atoms with Crippen LogP contribution in [-0.4, -0.2) is 25.0 Å². The summed E-state index contributed by atoms with van der Waals surface area (Å²) in [5, 5.41) is 5.62. The number of rotatable bonds is 3. The van der Waals surface area contributed by atoms with Crippen LogP contribution in [0.25, 0.3) is 0 Å². The Kier molecular flexibility index (Phi) is 6.05. The molecule has 25 heavy (non-hydrogen) atoms. The van der Waals surface area contributed by atoms with Crippen LogP contribution < -0.4 is 10.6 Å². The quantitative estimate of drug-likeness (QED) is 0.798. The molecule has 0 radical (unpaired) electrons. The second kappa shape index (κ2) is 7.86. The van der Waals surface area contributed by atoms with Crippen molar-refractivity contribution in [2.45, 2.75) is 13.8 Å². The van der Waals surface area contributed by atoms with E-state index in [9.17, 15) is 14.4 Å². The number of amides is 3. The third-order valence-electron chi connectivity index (χ3n) is 3.41. The Bertz CT molecular complexity index is 864. The van der Waals surface area contributed by atoms with Gasteiger partial charge in [0.25, 0.3) is 11.8 Å². The number of halogens is 2. The van der Waals surface area contributed by atoms with Crippen LogP contribution >= 0.6 is 34.5 Å². The SMILES string of the molecule is COC(=O)NC(=O)c1c(NC(=O)c2cc(Cl)ccc2Cl)sc(C)c1C. The van der Waals surface area contributed by atoms with E-state index in [0.29, 0.717) is 15.6 Å². The number of ether oxygens (including phenoxy) is 1. The molecule has 2 aromatic rings. The number of carbonyl (C=O) groups excluding carboxylic acids is 3. The molecule has 2 rings (SSSR count). The van der Waals surface area contributed by atoms with Gasteiger partial charge in [-0.25, -0.2) is 4.79 Å². The molecule has 0 fully saturated rings. The molecule has 0 aliphatic rings. The van der Waals surface area contributed by atoms with Crippen LogP contribution in [0.1, 0.15) is 31.2 Å². The first kappa shape index (κ1) is 19.2. The van der Waals surface area contributed by atoms with Crippen molar-refractivity contribution in [3.05, 3.63) is 49.8 Å². The second-order valence-corrected chi connectivity index (χ2v) is 7.08. The molecule has 0 aliphatic carbocycles. The highest BCUT2D eigenvalue weighted by Gasteiger charge is 2.23. The topological polar surface area (TPSA) is 84.5 Å². The molecule has 0 saturated carbocycles. The van der Waals surface area contributed by atoms with Gasteiger partial charge in [0.05, 0.1) is 23.3 Å². The lowest BCUT2D eigenvalue weighted by atomic mass is 10.1. The van der Waals surface area contributed by atoms with Gasteiger partial charge >= 0.3 is 6.09 Å². The first-order chi connectivity index (χ1) is 11.7. The molecule has 0 atom stereocenters. The highest BCUT2D eigenvalue weighted by molar-refractivity contribution is 7.16. The second-order valence-electron chi connectivity index (χ2n) is 5.01. The molecule has 1 aromatic carbocycles. The predicted octanol–water partition coefficient (Wildman–Crippen LogP) is 4.42. The third kappa shape index (κ3) is 4.31. The third-order valence-corrected chi connectivity index (χ3v) is 5.10. The molecule has 0 aliphatic heterocycles. The Morgan fingerprint density at radius 2 is 1.80 bits per heavy atom. The van der Waals surface area contributed by atoms with Crippen molar-refractivity contribution in [1.29, 1.82) is 0 Å². The number of anilines is 1. The number of nitrogens with one attached hydrogen (secondary N) is 2. The van der Waals surface area contributed by atoms with Crippen molar-refractivity contribution >= 4 is 57.4 Å². The number of carbonyl (C=O) groups is 3. The predicted molar refractivity (Wildman–Crippen MR) is 98.1 cm³/mol. The molecule has 1 heterocycles. The van der Waals surface area contributed by atoms with Gasteiger partial charge < -0.3 is 10.1 Å². The van der Waals surface area contributed by atoms with Crippen LogP contribution in [0.4, 0.5) is 9.80 Å². The largest absolute Gasteiger partial charge is 0.453 e. The molecule has 0 saturated heterocycles. The first-order valence-corrected chi connectivity index (χ1v) is 8.57. The van der Waals surface area contributed by atoms with Gasteiger partial charge in [0.15, 0.2) is 0 Å². The summed E-state index contributed by atoms with van der Waals surface area (Å²) in [5.41, 5.74) is 1.02. The molecular formula is C16H14Cl2N2O4S. The Hall–Kier alpha value is -2.09. The van der Waals surface area contributed by atoms with Crippen LogP contribution in [0.5, 0.6) is 0 Å². The lowest BCUT2D eigenvalue weighted by Crippen LogP contribution is -2.31. The van der Waals surface area contributed by atoms with Gasteiger partial charge in [0.1, 0.15) is 5.00 Å². The maximum atomic E-state index is 12.5. The fourth-order valence-corrected chi connectivity index (χ4v) is 3.46. The smallest absolute Gasteiger partial charge is 0.413 e. The van der Waals surface area contributed by atoms with Gasteiger partial charge in [-0.1, -0.05) is 23.2 Å². The summed E-state index contributed by atoms with van der Waals surface area (Å²) in [6.45, 7) is 3.52. The van der Waals surface area contributed by atoms with Gasteiger partial charge in [-0.2, -0.15) is 0 Å². The monoisotopic (exact) mass is 400 g/mol. The van der Waals surface area contributed by atoms with E-state index >= 15 is 0 Å². The van der Waals surface area contributed by atoms with Crippen molar-refractivity contribution in [3.8, 4) is 0 Å². The maximum absolute atomic E-state index is 12.5. The number of thiophene rings is 1. The summed E-state index contributed by atoms with van der Waals surface area (Å²) in [7, 11) is 1.15. The van der Waals surface area contributed by atoms with E-state index in [1.54, 1.807) is 19.9 Å². The summed E-state index contributed by atoms with van der Waals surface area (Å²) in [5.74, 6) is -1.18. The molecular weight excluding hydrogens is 387 g/mol. The number of alkyl carbamates (subject to hydrolysis) is 1. The van der Waals surface area contributed by atoms with Gasteiger partial charge in [-0.15, -0.1) is 11.3 Å². The standard InChI is InChI=1S/C16H14Cl2N2O4S/c1-7-8(2)25-15(12(7)14(22)20-16(23)24-3)19-13(21)10-6-9(17)4-5-11(10)18/h4-6H,1-3H3,(H,19,21)(H,20,22,23). The molecule has 1 aromatic heterocycles. The maximum Gasteiger partial charge on any atom is 0.413 e. The van der Waals surface area contributed by atoms with Gasteiger partial charge in [-0.3, -0.25) is 14.9 Å². The van der Waals surface area contributed by atoms with Crippen molar-refractivity contribution in [2.75, 3.05) is 12.4 Å². The lowest BCUT2D eigenvalue weighted by Gasteiger charge is -2.09. The van der Waals surface area contributed by atoms with E-state index < -0.39 is 17.9 Å². The minimum Gasteiger partial charge on any atom is -0.453 e. The average Bonchev–Trinajstić information content (AvgIpc) is 2.83. The average molecular weight is 401 g/mol. The summed E-state index contributed by atoms with van der Waals surface area (Å²) < 4.78 is 4.42. The zero-order valence-electron chi connectivity index (χ0n) is 13.5. The zero-order valence-corrected chi connectivity index (χ0v) is 15.9. The van der Waals surface area contributed by atoms with E-state index in [0.717, 1.165) is 12.0 Å². The number of aryl methyl sites for hydroxylation is 1. The van der Waals surface area contributed by atoms with Crippen molar-refractivity contribution in [3.63, 3.8) is 0 Å². The highest BCUT2D eigenvalue weighted by Crippen LogP contribution is 2.33. The van der Waals surface area contributed by atoms with E-state index in [1.807, 2.05) is 0 Å². The number of methoxy groups -OCH3 is 1. The van der Waals surface area contributed by atoms with Crippen molar-refractivity contribution in [2.24, 2.45) is 0 Å². The zero-order chi connectivity index (χ0) is 18.7. The van der Waals surface area contributed by atoms with Gasteiger partial charge in [-0.05, 0) is 37.6 Å². The van der Waals surface area contributed by atoms with E-state index in [2.05, 4.69) is 15.4 Å². The molecule has 132 valence electrons. The first-order valence-electron chi connectivity index (χ1n) is 7.00. The van der Waals surface area contributed by atoms with Crippen LogP contribution in [0.2, 0.25) is 10.0 Å². The molecule has 0 spiro atoms. The summed E-state index contributed by atoms with van der Waals surface area (Å²) in [6, 6.07) is 4.50. The van der Waals surface area contributed by atoms with Crippen LogP contribution in [0.15, 0.2) is 18.2 Å². The van der Waals surface area contributed by atoms with Crippen molar-refractivity contribution in [1.82, 2.24) is 5.32 Å². The van der Waals surface area contributed by atoms with Gasteiger partial charge in [0, 0.05) is 9.90 Å². The highest BCUT2D eigenvalue weighted by atomic mass is 35.5. The number of hydrogen-bond acceptors (Lipinski definition) is 5. The summed E-state index contributed by atoms with van der Waals surface area (Å²) in [4.78, 5) is 36.9. The Morgan fingerprint density at radius 1 is 1.12 bits per heavy atom. The Labute approximate surface area is 158 Å². The minimum atomic E-state index is -0.886. The summed E-state index contributed by atoms with van der Waals surface area (Å²) >= 11 is 13.1. The molecule has 6 nitrogen and oxygen atoms in total. The van der Waals surface area contributed by atoms with Crippen molar-refractivity contribution < 1.29 is 19.1 Å². The summed E-state index contributed by atoms with van der Waals surface area (Å²) in [6.07, 6.45) is -0.886. The minimum absolute atomic E-state index is 0.178. The number of hydrogen-bond donors (Lipinski definition) is 2. The van der Waals surface area contributed by atoms with Gasteiger partial charge in [0.2, 0.25) is 0 Å². The molecule has 2 N–H and O–H groups in total. The fraction of sp³-hybridized carbons (Fsp3) is 0.188. The van der Waals surface area contributed by atoms with E-state index in [1.165, 1.54) is 23.5 Å². The molecule has 3 amide bonds. The van der Waals surface area contributed by atoms with E-state index in [-0.39, 0.29) is 16.1 Å². The normalized spacial score (nSPS) is 10.3. The number of imide groups is 1. The number of benzene rings is 1. The molecule has 9 heteroatoms. The Morgan fingerprint density at radius 3 is 2.44 bits per heavy atom. The van der Waals surface area contributed by atoms with Crippen LogP contribution in [0, 0.1) is 13.8 Å². The molecule has 0 bridgehead atoms. The van der Waals surface area contributed by atoms with Crippen LogP contribution in [-0.2, 0) is 4.74 Å². The fourth-order valence-electron chi connectivity index (χ4n) is 2.04. The van der Waals surface area contributed by atoms with Crippen LogP contribution in [0.3, 0.4) is 0 Å².